The Hall–Kier alpha value is -1.44. The van der Waals surface area contributed by atoms with Crippen LogP contribution in [0.2, 0.25) is 0 Å². The minimum Gasteiger partial charge on any atom is -0.512 e. The lowest BCUT2D eigenvalue weighted by Gasteiger charge is -2.14. The highest BCUT2D eigenvalue weighted by atomic mass is 16.5. The first-order valence-electron chi connectivity index (χ1n) is 7.00. The van der Waals surface area contributed by atoms with E-state index in [1.807, 2.05) is 0 Å². The van der Waals surface area contributed by atoms with Crippen molar-refractivity contribution in [1.29, 1.82) is 0 Å². The van der Waals surface area contributed by atoms with Crippen LogP contribution in [0.1, 0.15) is 48.3 Å². The SMILES string of the molecule is OC(C[C@@H]1CCc2ccc3c(c21)CCO3)=C1CC1. The average molecular weight is 242 g/mol. The highest BCUT2D eigenvalue weighted by Gasteiger charge is 2.31. The zero-order valence-corrected chi connectivity index (χ0v) is 10.5. The molecule has 0 spiro atoms. The fraction of sp³-hybridized carbons (Fsp3) is 0.500. The van der Waals surface area contributed by atoms with Crippen molar-refractivity contribution in [3.8, 4) is 5.75 Å². The zero-order chi connectivity index (χ0) is 12.1. The van der Waals surface area contributed by atoms with Crippen molar-refractivity contribution < 1.29 is 9.84 Å². The monoisotopic (exact) mass is 242 g/mol. The molecule has 18 heavy (non-hydrogen) atoms. The number of allylic oxidation sites excluding steroid dienone is 2. The van der Waals surface area contributed by atoms with Gasteiger partial charge in [-0.2, -0.15) is 0 Å². The van der Waals surface area contributed by atoms with E-state index in [1.165, 1.54) is 28.7 Å². The molecule has 1 heterocycles. The lowest BCUT2D eigenvalue weighted by atomic mass is 9.91. The van der Waals surface area contributed by atoms with Crippen molar-refractivity contribution in [2.45, 2.75) is 44.4 Å². The number of aliphatic hydroxyl groups is 1. The zero-order valence-electron chi connectivity index (χ0n) is 10.5. The highest BCUT2D eigenvalue weighted by Crippen LogP contribution is 2.45. The third-order valence-electron chi connectivity index (χ3n) is 4.53. The second-order valence-electron chi connectivity index (χ2n) is 5.70. The van der Waals surface area contributed by atoms with Gasteiger partial charge in [0.25, 0.3) is 0 Å². The van der Waals surface area contributed by atoms with Crippen LogP contribution in [0.3, 0.4) is 0 Å². The maximum Gasteiger partial charge on any atom is 0.122 e. The minimum absolute atomic E-state index is 0.518. The van der Waals surface area contributed by atoms with Crippen LogP contribution in [0.25, 0.3) is 0 Å². The van der Waals surface area contributed by atoms with E-state index in [2.05, 4.69) is 12.1 Å². The number of fused-ring (bicyclic) bond motifs is 3. The van der Waals surface area contributed by atoms with E-state index in [0.717, 1.165) is 44.5 Å². The number of benzene rings is 1. The highest BCUT2D eigenvalue weighted by molar-refractivity contribution is 5.51. The summed E-state index contributed by atoms with van der Waals surface area (Å²) >= 11 is 0. The van der Waals surface area contributed by atoms with E-state index in [0.29, 0.717) is 11.7 Å². The smallest absolute Gasteiger partial charge is 0.122 e. The van der Waals surface area contributed by atoms with Gasteiger partial charge in [0.1, 0.15) is 5.75 Å². The van der Waals surface area contributed by atoms with Gasteiger partial charge in [-0.1, -0.05) is 6.07 Å². The summed E-state index contributed by atoms with van der Waals surface area (Å²) in [6.07, 6.45) is 6.47. The first-order valence-corrected chi connectivity index (χ1v) is 7.00. The minimum atomic E-state index is 0.518. The van der Waals surface area contributed by atoms with Crippen LogP contribution in [0.15, 0.2) is 23.5 Å². The molecular weight excluding hydrogens is 224 g/mol. The Morgan fingerprint density at radius 2 is 2.11 bits per heavy atom. The molecule has 1 saturated carbocycles. The van der Waals surface area contributed by atoms with Gasteiger partial charge in [-0.15, -0.1) is 0 Å². The van der Waals surface area contributed by atoms with E-state index in [1.54, 1.807) is 0 Å². The van der Waals surface area contributed by atoms with Gasteiger partial charge >= 0.3 is 0 Å². The summed E-state index contributed by atoms with van der Waals surface area (Å²) in [5.74, 6) is 2.27. The van der Waals surface area contributed by atoms with Crippen LogP contribution in [0.5, 0.6) is 5.75 Å². The second-order valence-corrected chi connectivity index (χ2v) is 5.70. The van der Waals surface area contributed by atoms with Crippen LogP contribution in [-0.4, -0.2) is 11.7 Å². The molecule has 1 aliphatic heterocycles. The van der Waals surface area contributed by atoms with Crippen molar-refractivity contribution in [1.82, 2.24) is 0 Å². The molecule has 1 N–H and O–H groups in total. The molecule has 1 fully saturated rings. The summed E-state index contributed by atoms with van der Waals surface area (Å²) in [6, 6.07) is 4.35. The van der Waals surface area contributed by atoms with E-state index in [9.17, 15) is 5.11 Å². The summed E-state index contributed by atoms with van der Waals surface area (Å²) < 4.78 is 5.66. The molecule has 94 valence electrons. The van der Waals surface area contributed by atoms with Gasteiger partial charge in [0.05, 0.1) is 12.4 Å². The van der Waals surface area contributed by atoms with Gasteiger partial charge in [0.2, 0.25) is 0 Å². The fourth-order valence-corrected chi connectivity index (χ4v) is 3.48. The van der Waals surface area contributed by atoms with Gasteiger partial charge in [0, 0.05) is 18.4 Å². The quantitative estimate of drug-likeness (QED) is 0.802. The summed E-state index contributed by atoms with van der Waals surface area (Å²) in [6.45, 7) is 0.825. The van der Waals surface area contributed by atoms with Gasteiger partial charge in [-0.3, -0.25) is 0 Å². The molecule has 0 bridgehead atoms. The summed E-state index contributed by atoms with van der Waals surface area (Å²) in [4.78, 5) is 0. The van der Waals surface area contributed by atoms with E-state index >= 15 is 0 Å². The molecule has 0 aromatic heterocycles. The third-order valence-corrected chi connectivity index (χ3v) is 4.53. The van der Waals surface area contributed by atoms with Gasteiger partial charge in [-0.05, 0) is 54.4 Å². The number of ether oxygens (including phenoxy) is 1. The van der Waals surface area contributed by atoms with Crippen LogP contribution in [0, 0.1) is 0 Å². The Morgan fingerprint density at radius 1 is 1.22 bits per heavy atom. The van der Waals surface area contributed by atoms with Crippen LogP contribution >= 0.6 is 0 Å². The maximum absolute atomic E-state index is 10.1. The van der Waals surface area contributed by atoms with Crippen LogP contribution in [0.4, 0.5) is 0 Å². The Morgan fingerprint density at radius 3 is 2.94 bits per heavy atom. The first kappa shape index (κ1) is 10.5. The van der Waals surface area contributed by atoms with E-state index in [-0.39, 0.29) is 0 Å². The fourth-order valence-electron chi connectivity index (χ4n) is 3.48. The molecule has 2 heteroatoms. The standard InChI is InChI=1S/C16H18O2/c17-14(10-1-2-10)9-12-4-3-11-5-6-15-13(16(11)12)7-8-18-15/h5-6,12,17H,1-4,7-9H2/t12-/m0/s1. The molecule has 3 aliphatic rings. The van der Waals surface area contributed by atoms with Gasteiger partial charge in [0.15, 0.2) is 0 Å². The normalized spacial score (nSPS) is 23.6. The largest absolute Gasteiger partial charge is 0.512 e. The lowest BCUT2D eigenvalue weighted by molar-refractivity contribution is 0.357. The lowest BCUT2D eigenvalue weighted by Crippen LogP contribution is -2.00. The molecule has 1 aromatic carbocycles. The Labute approximate surface area is 107 Å². The van der Waals surface area contributed by atoms with Crippen molar-refractivity contribution in [3.63, 3.8) is 0 Å². The number of hydrogen-bond acceptors (Lipinski definition) is 2. The maximum atomic E-state index is 10.1. The topological polar surface area (TPSA) is 29.5 Å². The van der Waals surface area contributed by atoms with Gasteiger partial charge < -0.3 is 9.84 Å². The number of aryl methyl sites for hydroxylation is 1. The Bertz CT molecular complexity index is 536. The molecule has 2 nitrogen and oxygen atoms in total. The summed E-state index contributed by atoms with van der Waals surface area (Å²) in [5, 5.41) is 10.1. The predicted molar refractivity (Wildman–Crippen MR) is 70.2 cm³/mol. The molecule has 0 saturated heterocycles. The van der Waals surface area contributed by atoms with Crippen LogP contribution < -0.4 is 4.74 Å². The molecular formula is C16H18O2. The first-order chi connectivity index (χ1) is 8.83. The molecule has 2 aliphatic carbocycles. The van der Waals surface area contributed by atoms with Crippen LogP contribution in [-0.2, 0) is 12.8 Å². The number of hydrogen-bond donors (Lipinski definition) is 1. The molecule has 1 aromatic rings. The Kier molecular flexibility index (Phi) is 2.20. The molecule has 0 unspecified atom stereocenters. The summed E-state index contributed by atoms with van der Waals surface area (Å²) in [7, 11) is 0. The summed E-state index contributed by atoms with van der Waals surface area (Å²) in [5.41, 5.74) is 5.69. The molecule has 1 atom stereocenters. The molecule has 0 radical (unpaired) electrons. The number of aliphatic hydroxyl groups excluding tert-OH is 1. The van der Waals surface area contributed by atoms with Gasteiger partial charge in [-0.25, -0.2) is 0 Å². The Balaban J connectivity index is 1.70. The van der Waals surface area contributed by atoms with Crippen molar-refractivity contribution in [3.05, 3.63) is 40.2 Å². The third kappa shape index (κ3) is 1.55. The molecule has 0 amide bonds. The van der Waals surface area contributed by atoms with Crippen molar-refractivity contribution in [2.75, 3.05) is 6.61 Å². The van der Waals surface area contributed by atoms with Crippen molar-refractivity contribution in [2.24, 2.45) is 0 Å². The predicted octanol–water partition coefficient (Wildman–Crippen LogP) is 3.65. The second kappa shape index (κ2) is 3.78. The van der Waals surface area contributed by atoms with E-state index < -0.39 is 0 Å². The van der Waals surface area contributed by atoms with E-state index in [4.69, 9.17) is 4.74 Å². The number of rotatable bonds is 2. The molecule has 4 rings (SSSR count). The average Bonchev–Trinajstić information content (AvgIpc) is 2.98. The van der Waals surface area contributed by atoms with Crippen molar-refractivity contribution >= 4 is 0 Å².